The highest BCUT2D eigenvalue weighted by molar-refractivity contribution is 6.30. The molecule has 0 spiro atoms. The summed E-state index contributed by atoms with van der Waals surface area (Å²) in [6, 6.07) is 8.11. The second-order valence-electron chi connectivity index (χ2n) is 5.29. The van der Waals surface area contributed by atoms with Crippen molar-refractivity contribution in [2.24, 2.45) is 0 Å². The first kappa shape index (κ1) is 14.8. The lowest BCUT2D eigenvalue weighted by Gasteiger charge is -2.22. The maximum Gasteiger partial charge on any atom is 0.224 e. The minimum absolute atomic E-state index is 0.0543. The van der Waals surface area contributed by atoms with Crippen molar-refractivity contribution in [3.05, 3.63) is 34.9 Å². The summed E-state index contributed by atoms with van der Waals surface area (Å²) < 4.78 is 0. The van der Waals surface area contributed by atoms with E-state index in [1.165, 1.54) is 0 Å². The number of aliphatic hydroxyl groups is 1. The topological polar surface area (TPSA) is 73.1 Å². The van der Waals surface area contributed by atoms with Gasteiger partial charge in [0.05, 0.1) is 18.1 Å². The molecule has 5 heteroatoms. The van der Waals surface area contributed by atoms with Crippen LogP contribution in [0.5, 0.6) is 0 Å². The fourth-order valence-electron chi connectivity index (χ4n) is 2.57. The number of halogens is 1. The molecule has 1 aliphatic carbocycles. The number of carbonyl (C=O) groups is 1. The average molecular weight is 293 g/mol. The van der Waals surface area contributed by atoms with Crippen molar-refractivity contribution in [2.45, 2.75) is 43.7 Å². The molecule has 0 aliphatic heterocycles. The Balaban J connectivity index is 1.98. The number of rotatable bonds is 4. The third kappa shape index (κ3) is 3.72. The summed E-state index contributed by atoms with van der Waals surface area (Å²) in [5.41, 5.74) is -0.215. The molecule has 2 N–H and O–H groups in total. The van der Waals surface area contributed by atoms with Gasteiger partial charge < -0.3 is 10.4 Å². The summed E-state index contributed by atoms with van der Waals surface area (Å²) in [6.07, 6.45) is 3.25. The second kappa shape index (κ2) is 6.25. The maximum absolute atomic E-state index is 12.0. The first-order valence-electron chi connectivity index (χ1n) is 6.69. The Bertz CT molecular complexity index is 516. The number of amides is 1. The third-order valence-corrected chi connectivity index (χ3v) is 3.91. The molecule has 20 heavy (non-hydrogen) atoms. The summed E-state index contributed by atoms with van der Waals surface area (Å²) in [5, 5.41) is 22.6. The van der Waals surface area contributed by atoms with Crippen LogP contribution in [0, 0.1) is 11.3 Å². The molecule has 1 aromatic carbocycles. The Morgan fingerprint density at radius 2 is 2.00 bits per heavy atom. The number of hydrogen-bond donors (Lipinski definition) is 2. The highest BCUT2D eigenvalue weighted by atomic mass is 35.5. The summed E-state index contributed by atoms with van der Waals surface area (Å²) in [7, 11) is 0. The quantitative estimate of drug-likeness (QED) is 0.896. The maximum atomic E-state index is 12.0. The van der Waals surface area contributed by atoms with E-state index in [1.807, 2.05) is 6.07 Å². The second-order valence-corrected chi connectivity index (χ2v) is 5.73. The van der Waals surface area contributed by atoms with Crippen molar-refractivity contribution in [2.75, 3.05) is 0 Å². The van der Waals surface area contributed by atoms with Gasteiger partial charge in [0.15, 0.2) is 0 Å². The number of benzene rings is 1. The van der Waals surface area contributed by atoms with Crippen molar-refractivity contribution in [1.82, 2.24) is 5.32 Å². The molecular weight excluding hydrogens is 276 g/mol. The van der Waals surface area contributed by atoms with Gasteiger partial charge in [-0.15, -0.1) is 0 Å². The Morgan fingerprint density at radius 1 is 1.40 bits per heavy atom. The Morgan fingerprint density at radius 3 is 2.55 bits per heavy atom. The van der Waals surface area contributed by atoms with Crippen LogP contribution in [0.15, 0.2) is 24.3 Å². The smallest absolute Gasteiger partial charge is 0.224 e. The van der Waals surface area contributed by atoms with Crippen LogP contribution in [0.25, 0.3) is 0 Å². The van der Waals surface area contributed by atoms with Crippen LogP contribution < -0.4 is 5.32 Å². The molecule has 4 nitrogen and oxygen atoms in total. The molecule has 106 valence electrons. The highest BCUT2D eigenvalue weighted by Gasteiger charge is 2.33. The zero-order valence-corrected chi connectivity index (χ0v) is 11.9. The van der Waals surface area contributed by atoms with Gasteiger partial charge in [-0.3, -0.25) is 4.79 Å². The molecule has 1 fully saturated rings. The van der Waals surface area contributed by atoms with Crippen LogP contribution in [-0.4, -0.2) is 16.6 Å². The summed E-state index contributed by atoms with van der Waals surface area (Å²) in [4.78, 5) is 12.0. The van der Waals surface area contributed by atoms with Crippen LogP contribution >= 0.6 is 11.6 Å². The first-order valence-corrected chi connectivity index (χ1v) is 7.07. The fourth-order valence-corrected chi connectivity index (χ4v) is 2.69. The van der Waals surface area contributed by atoms with Gasteiger partial charge >= 0.3 is 0 Å². The molecule has 2 rings (SSSR count). The van der Waals surface area contributed by atoms with Crippen molar-refractivity contribution in [3.8, 4) is 6.07 Å². The fraction of sp³-hybridized carbons (Fsp3) is 0.467. The predicted octanol–water partition coefficient (Wildman–Crippen LogP) is 2.72. The minimum Gasteiger partial charge on any atom is -0.389 e. The van der Waals surface area contributed by atoms with E-state index >= 15 is 0 Å². The molecule has 0 aromatic heterocycles. The number of carbonyl (C=O) groups excluding carboxylic acids is 1. The molecule has 0 bridgehead atoms. The van der Waals surface area contributed by atoms with E-state index in [9.17, 15) is 9.90 Å². The van der Waals surface area contributed by atoms with Crippen molar-refractivity contribution in [1.29, 1.82) is 5.26 Å². The molecule has 1 unspecified atom stereocenters. The normalized spacial score (nSPS) is 18.2. The van der Waals surface area contributed by atoms with E-state index in [-0.39, 0.29) is 12.3 Å². The van der Waals surface area contributed by atoms with Gasteiger partial charge in [0.25, 0.3) is 0 Å². The lowest BCUT2D eigenvalue weighted by Crippen LogP contribution is -2.36. The molecule has 1 aliphatic rings. The van der Waals surface area contributed by atoms with Crippen LogP contribution in [0.4, 0.5) is 0 Å². The van der Waals surface area contributed by atoms with Crippen LogP contribution in [0.1, 0.15) is 43.7 Å². The Kier molecular flexibility index (Phi) is 4.64. The van der Waals surface area contributed by atoms with Gasteiger partial charge in [0, 0.05) is 5.02 Å². The standard InChI is InChI=1S/C15H17ClN2O2/c16-12-5-3-11(4-6-12)13(10-17)18-14(19)9-15(20)7-1-2-8-15/h3-6,13,20H,1-2,7-9H2,(H,18,19). The van der Waals surface area contributed by atoms with E-state index in [4.69, 9.17) is 16.9 Å². The molecule has 0 radical (unpaired) electrons. The minimum atomic E-state index is -0.899. The number of nitrogens with one attached hydrogen (secondary N) is 1. The number of hydrogen-bond acceptors (Lipinski definition) is 3. The van der Waals surface area contributed by atoms with Gasteiger partial charge in [0.1, 0.15) is 6.04 Å². The van der Waals surface area contributed by atoms with Crippen LogP contribution in [0.2, 0.25) is 5.02 Å². The van der Waals surface area contributed by atoms with Gasteiger partial charge in [-0.2, -0.15) is 5.26 Å². The summed E-state index contributed by atoms with van der Waals surface area (Å²) >= 11 is 5.79. The molecular formula is C15H17ClN2O2. The average Bonchev–Trinajstić information content (AvgIpc) is 2.83. The van der Waals surface area contributed by atoms with Gasteiger partial charge in [-0.25, -0.2) is 0 Å². The van der Waals surface area contributed by atoms with E-state index in [0.717, 1.165) is 12.8 Å². The summed E-state index contributed by atoms with van der Waals surface area (Å²) in [5.74, 6) is -0.295. The molecule has 1 amide bonds. The SMILES string of the molecule is N#CC(NC(=O)CC1(O)CCCC1)c1ccc(Cl)cc1. The monoisotopic (exact) mass is 292 g/mol. The van der Waals surface area contributed by atoms with Gasteiger partial charge in [-0.05, 0) is 30.5 Å². The molecule has 0 heterocycles. The van der Waals surface area contributed by atoms with Gasteiger partial charge in [-0.1, -0.05) is 36.6 Å². The van der Waals surface area contributed by atoms with E-state index in [1.54, 1.807) is 24.3 Å². The van der Waals surface area contributed by atoms with Crippen LogP contribution in [-0.2, 0) is 4.79 Å². The third-order valence-electron chi connectivity index (χ3n) is 3.66. The molecule has 0 saturated heterocycles. The number of nitrogens with zero attached hydrogens (tertiary/aromatic N) is 1. The largest absolute Gasteiger partial charge is 0.389 e. The molecule has 1 atom stereocenters. The lowest BCUT2D eigenvalue weighted by molar-refractivity contribution is -0.126. The highest BCUT2D eigenvalue weighted by Crippen LogP contribution is 2.32. The zero-order chi connectivity index (χ0) is 14.6. The van der Waals surface area contributed by atoms with Crippen molar-refractivity contribution in [3.63, 3.8) is 0 Å². The molecule has 1 saturated carbocycles. The Labute approximate surface area is 123 Å². The Hall–Kier alpha value is -1.57. The molecule has 1 aromatic rings. The summed E-state index contributed by atoms with van der Waals surface area (Å²) in [6.45, 7) is 0. The van der Waals surface area contributed by atoms with E-state index in [0.29, 0.717) is 23.4 Å². The predicted molar refractivity (Wildman–Crippen MR) is 76.0 cm³/mol. The zero-order valence-electron chi connectivity index (χ0n) is 11.1. The van der Waals surface area contributed by atoms with Gasteiger partial charge in [0.2, 0.25) is 5.91 Å². The van der Waals surface area contributed by atoms with E-state index in [2.05, 4.69) is 5.32 Å². The van der Waals surface area contributed by atoms with Crippen molar-refractivity contribution < 1.29 is 9.90 Å². The van der Waals surface area contributed by atoms with Crippen molar-refractivity contribution >= 4 is 17.5 Å². The number of nitriles is 1. The lowest BCUT2D eigenvalue weighted by atomic mass is 9.97. The van der Waals surface area contributed by atoms with Crippen LogP contribution in [0.3, 0.4) is 0 Å². The first-order chi connectivity index (χ1) is 9.52. The van der Waals surface area contributed by atoms with E-state index < -0.39 is 11.6 Å².